The summed E-state index contributed by atoms with van der Waals surface area (Å²) in [6.45, 7) is 2.29. The molecule has 22 heavy (non-hydrogen) atoms. The Balaban J connectivity index is 1.63. The Bertz CT molecular complexity index is 742. The van der Waals surface area contributed by atoms with Gasteiger partial charge in [-0.15, -0.1) is 0 Å². The van der Waals surface area contributed by atoms with Gasteiger partial charge in [-0.2, -0.15) is 5.10 Å². The van der Waals surface area contributed by atoms with Crippen LogP contribution < -0.4 is 10.9 Å². The maximum Gasteiger partial charge on any atom is 0.175 e. The lowest BCUT2D eigenvalue weighted by Crippen LogP contribution is -2.30. The quantitative estimate of drug-likeness (QED) is 0.796. The van der Waals surface area contributed by atoms with Gasteiger partial charge < -0.3 is 0 Å². The highest BCUT2D eigenvalue weighted by Gasteiger charge is 2.25. The number of nitrogens with one attached hydrogen (secondary N) is 3. The first-order chi connectivity index (χ1) is 10.8. The lowest BCUT2D eigenvalue weighted by Gasteiger charge is -2.18. The lowest BCUT2D eigenvalue weighted by molar-refractivity contribution is 0.497. The van der Waals surface area contributed by atoms with Crippen LogP contribution in [0, 0.1) is 5.92 Å². The first-order valence-corrected chi connectivity index (χ1v) is 7.73. The predicted octanol–water partition coefficient (Wildman–Crippen LogP) is 2.39. The van der Waals surface area contributed by atoms with E-state index < -0.39 is 0 Å². The molecule has 0 bridgehead atoms. The second kappa shape index (κ2) is 5.33. The fourth-order valence-corrected chi connectivity index (χ4v) is 3.05. The highest BCUT2D eigenvalue weighted by molar-refractivity contribution is 6.00. The third kappa shape index (κ3) is 2.39. The van der Waals surface area contributed by atoms with Crippen molar-refractivity contribution in [1.82, 2.24) is 21.0 Å². The van der Waals surface area contributed by atoms with E-state index in [9.17, 15) is 0 Å². The summed E-state index contributed by atoms with van der Waals surface area (Å²) in [4.78, 5) is 4.63. The molecule has 1 aliphatic heterocycles. The molecule has 0 saturated heterocycles. The largest absolute Gasteiger partial charge is 0.283 e. The maximum absolute atomic E-state index is 4.63. The normalized spacial score (nSPS) is 22.0. The minimum atomic E-state index is 0.707. The molecule has 4 rings (SSSR count). The van der Waals surface area contributed by atoms with Crippen LogP contribution in [0.3, 0.4) is 0 Å². The molecule has 1 aromatic heterocycles. The van der Waals surface area contributed by atoms with E-state index in [0.29, 0.717) is 5.92 Å². The number of rotatable bonds is 2. The van der Waals surface area contributed by atoms with E-state index in [1.165, 1.54) is 17.7 Å². The van der Waals surface area contributed by atoms with Gasteiger partial charge in [-0.1, -0.05) is 37.3 Å². The molecule has 5 heteroatoms. The first-order valence-electron chi connectivity index (χ1n) is 7.73. The van der Waals surface area contributed by atoms with Crippen LogP contribution in [0.4, 0.5) is 0 Å². The molecule has 0 fully saturated rings. The Kier molecular flexibility index (Phi) is 3.18. The van der Waals surface area contributed by atoms with E-state index in [4.69, 9.17) is 0 Å². The van der Waals surface area contributed by atoms with Gasteiger partial charge in [0.1, 0.15) is 11.5 Å². The van der Waals surface area contributed by atoms with Crippen molar-refractivity contribution in [2.45, 2.75) is 26.2 Å². The highest BCUT2D eigenvalue weighted by atomic mass is 15.5. The van der Waals surface area contributed by atoms with E-state index >= 15 is 0 Å². The van der Waals surface area contributed by atoms with Gasteiger partial charge in [-0.25, -0.2) is 4.99 Å². The number of nitrogens with zero attached hydrogens (tertiary/aromatic N) is 2. The molecule has 1 unspecified atom stereocenters. The Hall–Kier alpha value is -2.56. The van der Waals surface area contributed by atoms with Crippen LogP contribution in [0.2, 0.25) is 0 Å². The topological polar surface area (TPSA) is 65.1 Å². The zero-order valence-electron chi connectivity index (χ0n) is 12.6. The fourth-order valence-electron chi connectivity index (χ4n) is 3.05. The van der Waals surface area contributed by atoms with Crippen LogP contribution in [-0.4, -0.2) is 16.0 Å². The number of aliphatic imine (C=N–C) groups is 1. The number of aryl methyl sites for hydroxylation is 1. The molecule has 2 aromatic rings. The summed E-state index contributed by atoms with van der Waals surface area (Å²) in [5, 5.41) is 7.64. The number of fused-ring (bicyclic) bond motifs is 1. The van der Waals surface area contributed by atoms with E-state index in [1.54, 1.807) is 0 Å². The molecule has 0 spiro atoms. The van der Waals surface area contributed by atoms with Crippen molar-refractivity contribution in [1.29, 1.82) is 0 Å². The van der Waals surface area contributed by atoms with Gasteiger partial charge in [-0.05, 0) is 36.8 Å². The van der Waals surface area contributed by atoms with Crippen LogP contribution in [0.1, 0.15) is 35.9 Å². The fraction of sp³-hybridized carbons (Fsp3) is 0.294. The predicted molar refractivity (Wildman–Crippen MR) is 87.0 cm³/mol. The summed E-state index contributed by atoms with van der Waals surface area (Å²) in [6.07, 6.45) is 5.39. The zero-order valence-corrected chi connectivity index (χ0v) is 12.6. The monoisotopic (exact) mass is 293 g/mol. The summed E-state index contributed by atoms with van der Waals surface area (Å²) in [5.74, 6) is 2.31. The van der Waals surface area contributed by atoms with Crippen molar-refractivity contribution in [2.75, 3.05) is 0 Å². The SMILES string of the molecule is CC1CCc2[nH]nc(C3=NC(=Cc4ccccc4)NN3)c2C1. The molecule has 3 N–H and O–H groups in total. The number of H-pyrrole nitrogens is 1. The summed E-state index contributed by atoms with van der Waals surface area (Å²) in [5.41, 5.74) is 10.9. The third-order valence-corrected chi connectivity index (χ3v) is 4.26. The van der Waals surface area contributed by atoms with Crippen LogP contribution >= 0.6 is 0 Å². The van der Waals surface area contributed by atoms with E-state index in [1.807, 2.05) is 24.3 Å². The smallest absolute Gasteiger partial charge is 0.175 e. The average Bonchev–Trinajstić information content (AvgIpc) is 3.14. The summed E-state index contributed by atoms with van der Waals surface area (Å²) in [6, 6.07) is 10.2. The molecule has 2 heterocycles. The van der Waals surface area contributed by atoms with Gasteiger partial charge in [0.25, 0.3) is 0 Å². The van der Waals surface area contributed by atoms with Crippen LogP contribution in [-0.2, 0) is 12.8 Å². The standard InChI is InChI=1S/C17H19N5/c1-11-7-8-14-13(9-11)16(21-19-14)17-18-15(20-22-17)10-12-5-3-2-4-6-12/h2-6,10-11,20H,7-9H2,1H3,(H,18,22)(H,19,21). The van der Waals surface area contributed by atoms with Gasteiger partial charge >= 0.3 is 0 Å². The number of hydrogen-bond donors (Lipinski definition) is 3. The maximum atomic E-state index is 4.63. The average molecular weight is 293 g/mol. The molecule has 1 aromatic carbocycles. The molecule has 5 nitrogen and oxygen atoms in total. The Labute approximate surface area is 129 Å². The second-order valence-electron chi connectivity index (χ2n) is 6.03. The lowest BCUT2D eigenvalue weighted by atomic mass is 9.87. The van der Waals surface area contributed by atoms with Crippen molar-refractivity contribution < 1.29 is 0 Å². The molecule has 1 atom stereocenters. The van der Waals surface area contributed by atoms with E-state index in [0.717, 1.165) is 35.8 Å². The Morgan fingerprint density at radius 1 is 1.18 bits per heavy atom. The molecule has 0 radical (unpaired) electrons. The van der Waals surface area contributed by atoms with Crippen LogP contribution in [0.25, 0.3) is 6.08 Å². The molecule has 0 saturated carbocycles. The number of benzene rings is 1. The first kappa shape index (κ1) is 13.1. The number of hydrazine groups is 1. The minimum Gasteiger partial charge on any atom is -0.283 e. The highest BCUT2D eigenvalue weighted by Crippen LogP contribution is 2.26. The van der Waals surface area contributed by atoms with Gasteiger partial charge in [0, 0.05) is 11.3 Å². The van der Waals surface area contributed by atoms with Crippen LogP contribution in [0.15, 0.2) is 41.1 Å². The Morgan fingerprint density at radius 3 is 2.91 bits per heavy atom. The number of aromatic amines is 1. The van der Waals surface area contributed by atoms with Gasteiger partial charge in [0.2, 0.25) is 0 Å². The van der Waals surface area contributed by atoms with E-state index in [-0.39, 0.29) is 0 Å². The van der Waals surface area contributed by atoms with Crippen molar-refractivity contribution in [3.8, 4) is 0 Å². The number of hydrogen-bond acceptors (Lipinski definition) is 4. The van der Waals surface area contributed by atoms with Crippen molar-refractivity contribution in [2.24, 2.45) is 10.9 Å². The molecule has 0 amide bonds. The molecule has 112 valence electrons. The number of amidine groups is 1. The summed E-state index contributed by atoms with van der Waals surface area (Å²) < 4.78 is 0. The number of aromatic nitrogens is 2. The zero-order chi connectivity index (χ0) is 14.9. The summed E-state index contributed by atoms with van der Waals surface area (Å²) in [7, 11) is 0. The summed E-state index contributed by atoms with van der Waals surface area (Å²) >= 11 is 0. The van der Waals surface area contributed by atoms with Crippen molar-refractivity contribution in [3.05, 3.63) is 58.7 Å². The minimum absolute atomic E-state index is 0.707. The van der Waals surface area contributed by atoms with Gasteiger partial charge in [-0.3, -0.25) is 16.0 Å². The molecule has 1 aliphatic carbocycles. The van der Waals surface area contributed by atoms with Crippen LogP contribution in [0.5, 0.6) is 0 Å². The molecular formula is C17H19N5. The van der Waals surface area contributed by atoms with Gasteiger partial charge in [0.15, 0.2) is 5.84 Å². The molecular weight excluding hydrogens is 274 g/mol. The molecule has 2 aliphatic rings. The Morgan fingerprint density at radius 2 is 2.05 bits per heavy atom. The van der Waals surface area contributed by atoms with Crippen molar-refractivity contribution in [3.63, 3.8) is 0 Å². The van der Waals surface area contributed by atoms with Gasteiger partial charge in [0.05, 0.1) is 0 Å². The second-order valence-corrected chi connectivity index (χ2v) is 6.03. The van der Waals surface area contributed by atoms with E-state index in [2.05, 4.69) is 45.1 Å². The van der Waals surface area contributed by atoms with Crippen molar-refractivity contribution >= 4 is 11.9 Å². The third-order valence-electron chi connectivity index (χ3n) is 4.26.